The van der Waals surface area contributed by atoms with E-state index in [-0.39, 0.29) is 0 Å². The molecule has 0 amide bonds. The molecule has 0 aromatic carbocycles. The van der Waals surface area contributed by atoms with E-state index in [1.807, 2.05) is 54.5 Å². The Bertz CT molecular complexity index is 763. The predicted octanol–water partition coefficient (Wildman–Crippen LogP) is 7.84. The van der Waals surface area contributed by atoms with Crippen molar-refractivity contribution < 1.29 is 0 Å². The monoisotopic (exact) mass is 473 g/mol. The predicted molar refractivity (Wildman–Crippen MR) is 151 cm³/mol. The SMILES string of the molecule is CC.CC.CC.CC/C(C)=C1/CCCN1C.CN1CC2(CCC2)C1.Cc1cc2nccnc2[nH]1. The molecular formula is C29H55N5. The van der Waals surface area contributed by atoms with E-state index >= 15 is 0 Å². The van der Waals surface area contributed by atoms with Crippen molar-refractivity contribution in [3.05, 3.63) is 35.4 Å². The molecule has 2 saturated heterocycles. The maximum absolute atomic E-state index is 4.11. The third kappa shape index (κ3) is 9.77. The third-order valence-electron chi connectivity index (χ3n) is 6.41. The molecule has 3 aliphatic rings. The lowest BCUT2D eigenvalue weighted by Gasteiger charge is -2.54. The van der Waals surface area contributed by atoms with Gasteiger partial charge in [-0.05, 0) is 64.5 Å². The van der Waals surface area contributed by atoms with Crippen molar-refractivity contribution in [2.75, 3.05) is 33.7 Å². The molecule has 5 nitrogen and oxygen atoms in total. The lowest BCUT2D eigenvalue weighted by Crippen LogP contribution is -2.57. The van der Waals surface area contributed by atoms with Crippen LogP contribution >= 0.6 is 0 Å². The highest BCUT2D eigenvalue weighted by atomic mass is 15.2. The Labute approximate surface area is 211 Å². The van der Waals surface area contributed by atoms with Crippen LogP contribution in [-0.4, -0.2) is 58.5 Å². The molecule has 1 N–H and O–H groups in total. The Morgan fingerprint density at radius 1 is 0.971 bits per heavy atom. The zero-order chi connectivity index (χ0) is 26.1. The first-order chi connectivity index (χ1) is 16.4. The van der Waals surface area contributed by atoms with Crippen molar-refractivity contribution in [2.24, 2.45) is 5.41 Å². The molecule has 5 rings (SSSR count). The van der Waals surface area contributed by atoms with E-state index in [0.29, 0.717) is 0 Å². The molecule has 2 aromatic rings. The number of hydrogen-bond donors (Lipinski definition) is 1. The normalized spacial score (nSPS) is 18.6. The number of rotatable bonds is 1. The van der Waals surface area contributed by atoms with Gasteiger partial charge in [-0.1, -0.05) is 60.5 Å². The van der Waals surface area contributed by atoms with Crippen molar-refractivity contribution in [1.82, 2.24) is 24.8 Å². The van der Waals surface area contributed by atoms with Crippen LogP contribution in [0.2, 0.25) is 0 Å². The van der Waals surface area contributed by atoms with E-state index in [1.165, 1.54) is 58.2 Å². The lowest BCUT2D eigenvalue weighted by molar-refractivity contribution is -0.0436. The molecule has 0 atom stereocenters. The third-order valence-corrected chi connectivity index (χ3v) is 6.41. The average Bonchev–Trinajstić information content (AvgIpc) is 3.44. The van der Waals surface area contributed by atoms with Crippen LogP contribution in [0.3, 0.4) is 0 Å². The highest BCUT2D eigenvalue weighted by molar-refractivity contribution is 5.70. The minimum atomic E-state index is 0.842. The number of nitrogens with zero attached hydrogens (tertiary/aromatic N) is 4. The number of fused-ring (bicyclic) bond motifs is 1. The Hall–Kier alpha value is -1.88. The van der Waals surface area contributed by atoms with Crippen LogP contribution in [0.4, 0.5) is 0 Å². The summed E-state index contributed by atoms with van der Waals surface area (Å²) in [7, 11) is 4.41. The fourth-order valence-electron chi connectivity index (χ4n) is 4.62. The second kappa shape index (κ2) is 17.5. The van der Waals surface area contributed by atoms with Crippen LogP contribution in [0.25, 0.3) is 11.2 Å². The molecule has 1 saturated carbocycles. The molecule has 2 aliphatic heterocycles. The largest absolute Gasteiger partial charge is 0.378 e. The number of aromatic nitrogens is 3. The summed E-state index contributed by atoms with van der Waals surface area (Å²) in [5.74, 6) is 0. The Morgan fingerprint density at radius 2 is 1.56 bits per heavy atom. The number of nitrogens with one attached hydrogen (secondary N) is 1. The van der Waals surface area contributed by atoms with Crippen molar-refractivity contribution >= 4 is 11.2 Å². The molecule has 3 fully saturated rings. The number of H-pyrrole nitrogens is 1. The summed E-state index contributed by atoms with van der Waals surface area (Å²) < 4.78 is 0. The summed E-state index contributed by atoms with van der Waals surface area (Å²) in [5, 5.41) is 0. The molecule has 196 valence electrons. The maximum Gasteiger partial charge on any atom is 0.156 e. The molecule has 2 aromatic heterocycles. The fourth-order valence-corrected chi connectivity index (χ4v) is 4.62. The maximum atomic E-state index is 4.11. The van der Waals surface area contributed by atoms with E-state index in [1.54, 1.807) is 23.7 Å². The highest BCUT2D eigenvalue weighted by Gasteiger charge is 2.45. The first-order valence-corrected chi connectivity index (χ1v) is 13.8. The van der Waals surface area contributed by atoms with Gasteiger partial charge in [0.25, 0.3) is 0 Å². The van der Waals surface area contributed by atoms with Gasteiger partial charge in [-0.15, -0.1) is 0 Å². The zero-order valence-corrected chi connectivity index (χ0v) is 24.4. The lowest BCUT2D eigenvalue weighted by atomic mass is 9.64. The van der Waals surface area contributed by atoms with Gasteiger partial charge in [0, 0.05) is 50.5 Å². The minimum absolute atomic E-state index is 0.842. The van der Waals surface area contributed by atoms with Crippen LogP contribution in [-0.2, 0) is 0 Å². The first kappa shape index (κ1) is 32.1. The van der Waals surface area contributed by atoms with Crippen molar-refractivity contribution in [2.45, 2.75) is 101 Å². The van der Waals surface area contributed by atoms with E-state index in [9.17, 15) is 0 Å². The quantitative estimate of drug-likeness (QED) is 0.458. The summed E-state index contributed by atoms with van der Waals surface area (Å²) >= 11 is 0. The molecule has 5 heteroatoms. The van der Waals surface area contributed by atoms with Crippen molar-refractivity contribution in [3.8, 4) is 0 Å². The van der Waals surface area contributed by atoms with Gasteiger partial charge in [-0.2, -0.15) is 0 Å². The van der Waals surface area contributed by atoms with Crippen LogP contribution in [0.5, 0.6) is 0 Å². The molecule has 0 unspecified atom stereocenters. The first-order valence-electron chi connectivity index (χ1n) is 13.8. The topological polar surface area (TPSA) is 48.1 Å². The van der Waals surface area contributed by atoms with Gasteiger partial charge >= 0.3 is 0 Å². The van der Waals surface area contributed by atoms with Gasteiger partial charge in [-0.3, -0.25) is 4.98 Å². The summed E-state index contributed by atoms with van der Waals surface area (Å²) in [6, 6.07) is 1.97. The second-order valence-electron chi connectivity index (χ2n) is 8.87. The van der Waals surface area contributed by atoms with Gasteiger partial charge in [0.1, 0.15) is 5.52 Å². The van der Waals surface area contributed by atoms with Gasteiger partial charge < -0.3 is 14.8 Å². The van der Waals surface area contributed by atoms with E-state index in [2.05, 4.69) is 52.7 Å². The van der Waals surface area contributed by atoms with E-state index in [0.717, 1.165) is 22.3 Å². The number of aryl methyl sites for hydroxylation is 1. The van der Waals surface area contributed by atoms with Crippen molar-refractivity contribution in [1.29, 1.82) is 0 Å². The van der Waals surface area contributed by atoms with Crippen LogP contribution in [0, 0.1) is 12.3 Å². The highest BCUT2D eigenvalue weighted by Crippen LogP contribution is 2.47. The van der Waals surface area contributed by atoms with Crippen LogP contribution in [0.1, 0.15) is 99.6 Å². The molecule has 0 bridgehead atoms. The zero-order valence-electron chi connectivity index (χ0n) is 24.4. The average molecular weight is 474 g/mol. The fraction of sp³-hybridized carbons (Fsp3) is 0.724. The summed E-state index contributed by atoms with van der Waals surface area (Å²) in [6.07, 6.45) is 11.7. The minimum Gasteiger partial charge on any atom is -0.378 e. The van der Waals surface area contributed by atoms with E-state index in [4.69, 9.17) is 0 Å². The Kier molecular flexibility index (Phi) is 16.6. The number of hydrogen-bond acceptors (Lipinski definition) is 4. The molecule has 34 heavy (non-hydrogen) atoms. The summed E-state index contributed by atoms with van der Waals surface area (Å²) in [5.41, 5.74) is 6.89. The number of allylic oxidation sites excluding steroid dienone is 2. The Balaban J connectivity index is 0.000000434. The van der Waals surface area contributed by atoms with Crippen molar-refractivity contribution in [3.63, 3.8) is 0 Å². The molecule has 1 aliphatic carbocycles. The van der Waals surface area contributed by atoms with Gasteiger partial charge in [0.2, 0.25) is 0 Å². The Morgan fingerprint density at radius 3 is 1.94 bits per heavy atom. The van der Waals surface area contributed by atoms with E-state index < -0.39 is 0 Å². The number of aromatic amines is 1. The standard InChI is InChI=1S/C9H17N.C7H7N3.C7H13N.3C2H6/c1-4-8(2)9-6-5-7-10(9)3;1-5-4-6-7(10-5)9-3-2-8-6;1-8-5-7(6-8)3-2-4-7;3*1-2/h4-7H2,1-3H3;2-4H,1H3,(H,9,10);2-6H2,1H3;3*1-2H3/b9-8-;;;;;. The van der Waals surface area contributed by atoms with Crippen LogP contribution in [0.15, 0.2) is 29.7 Å². The molecular weight excluding hydrogens is 418 g/mol. The summed E-state index contributed by atoms with van der Waals surface area (Å²) in [4.78, 5) is 16.1. The van der Waals surface area contributed by atoms with Gasteiger partial charge in [-0.25, -0.2) is 4.98 Å². The van der Waals surface area contributed by atoms with Crippen LogP contribution < -0.4 is 0 Å². The smallest absolute Gasteiger partial charge is 0.156 e. The second-order valence-corrected chi connectivity index (χ2v) is 8.87. The van der Waals surface area contributed by atoms with Gasteiger partial charge in [0.15, 0.2) is 5.65 Å². The van der Waals surface area contributed by atoms with Gasteiger partial charge in [0.05, 0.1) is 0 Å². The summed E-state index contributed by atoms with van der Waals surface area (Å²) in [6.45, 7) is 22.5. The number of likely N-dealkylation sites (tertiary alicyclic amines) is 2. The molecule has 1 spiro atoms. The molecule has 4 heterocycles. The molecule has 0 radical (unpaired) electrons.